The van der Waals surface area contributed by atoms with Crippen molar-refractivity contribution in [2.75, 3.05) is 11.4 Å². The molecule has 0 saturated heterocycles. The fraction of sp³-hybridized carbons (Fsp3) is 0.217. The SMILES string of the molecule is Cc1nc2ccccc2n1Cc1cncc(N2CCc3cc(Cl)ccc3C2)c1. The van der Waals surface area contributed by atoms with Crippen molar-refractivity contribution in [2.45, 2.75) is 26.4 Å². The highest BCUT2D eigenvalue weighted by molar-refractivity contribution is 6.30. The van der Waals surface area contributed by atoms with Gasteiger partial charge in [-0.1, -0.05) is 29.8 Å². The van der Waals surface area contributed by atoms with Crippen LogP contribution in [0, 0.1) is 6.92 Å². The molecule has 2 aromatic carbocycles. The first kappa shape index (κ1) is 17.3. The molecule has 3 heterocycles. The fourth-order valence-corrected chi connectivity index (χ4v) is 4.25. The van der Waals surface area contributed by atoms with E-state index in [-0.39, 0.29) is 0 Å². The van der Waals surface area contributed by atoms with E-state index >= 15 is 0 Å². The van der Waals surface area contributed by atoms with Crippen LogP contribution in [0.3, 0.4) is 0 Å². The number of halogens is 1. The zero-order chi connectivity index (χ0) is 19.1. The van der Waals surface area contributed by atoms with E-state index < -0.39 is 0 Å². The Morgan fingerprint density at radius 1 is 1.04 bits per heavy atom. The number of hydrogen-bond acceptors (Lipinski definition) is 3. The maximum absolute atomic E-state index is 6.14. The van der Waals surface area contributed by atoms with E-state index in [0.29, 0.717) is 0 Å². The number of fused-ring (bicyclic) bond motifs is 2. The zero-order valence-electron chi connectivity index (χ0n) is 15.8. The topological polar surface area (TPSA) is 34.0 Å². The number of pyridine rings is 1. The Morgan fingerprint density at radius 3 is 2.86 bits per heavy atom. The Balaban J connectivity index is 1.42. The molecule has 28 heavy (non-hydrogen) atoms. The monoisotopic (exact) mass is 388 g/mol. The summed E-state index contributed by atoms with van der Waals surface area (Å²) in [6.07, 6.45) is 4.92. The van der Waals surface area contributed by atoms with Gasteiger partial charge in [-0.2, -0.15) is 0 Å². The van der Waals surface area contributed by atoms with E-state index in [1.54, 1.807) is 0 Å². The van der Waals surface area contributed by atoms with Crippen molar-refractivity contribution in [2.24, 2.45) is 0 Å². The molecular weight excluding hydrogens is 368 g/mol. The van der Waals surface area contributed by atoms with E-state index in [0.717, 1.165) is 47.9 Å². The lowest BCUT2D eigenvalue weighted by Crippen LogP contribution is -2.30. The third kappa shape index (κ3) is 3.14. The van der Waals surface area contributed by atoms with Crippen LogP contribution in [0.15, 0.2) is 60.9 Å². The minimum atomic E-state index is 0.771. The number of hydrogen-bond donors (Lipinski definition) is 0. The lowest BCUT2D eigenvalue weighted by molar-refractivity contribution is 0.726. The lowest BCUT2D eigenvalue weighted by atomic mass is 9.99. The van der Waals surface area contributed by atoms with Crippen LogP contribution in [0.2, 0.25) is 5.02 Å². The Labute approximate surface area is 169 Å². The normalized spacial score (nSPS) is 13.7. The van der Waals surface area contributed by atoms with Crippen molar-refractivity contribution in [3.8, 4) is 0 Å². The van der Waals surface area contributed by atoms with Crippen molar-refractivity contribution in [1.82, 2.24) is 14.5 Å². The van der Waals surface area contributed by atoms with E-state index in [4.69, 9.17) is 11.6 Å². The number of nitrogens with zero attached hydrogens (tertiary/aromatic N) is 4. The second kappa shape index (κ2) is 6.95. The van der Waals surface area contributed by atoms with Crippen LogP contribution in [0.25, 0.3) is 11.0 Å². The van der Waals surface area contributed by atoms with E-state index in [2.05, 4.69) is 62.8 Å². The highest BCUT2D eigenvalue weighted by Gasteiger charge is 2.17. The highest BCUT2D eigenvalue weighted by atomic mass is 35.5. The molecule has 4 aromatic rings. The molecule has 0 spiro atoms. The van der Waals surface area contributed by atoms with Crippen molar-refractivity contribution < 1.29 is 0 Å². The lowest BCUT2D eigenvalue weighted by Gasteiger charge is -2.31. The van der Waals surface area contributed by atoms with Crippen LogP contribution in [0.1, 0.15) is 22.5 Å². The molecular formula is C23H21ClN4. The van der Waals surface area contributed by atoms with Gasteiger partial charge in [0.05, 0.1) is 29.5 Å². The Hall–Kier alpha value is -2.85. The molecule has 0 bridgehead atoms. The maximum atomic E-state index is 6.14. The fourth-order valence-electron chi connectivity index (χ4n) is 4.05. The van der Waals surface area contributed by atoms with Crippen LogP contribution in [-0.4, -0.2) is 21.1 Å². The predicted molar refractivity (Wildman–Crippen MR) is 114 cm³/mol. The van der Waals surface area contributed by atoms with Crippen LogP contribution in [0.5, 0.6) is 0 Å². The largest absolute Gasteiger partial charge is 0.366 e. The van der Waals surface area contributed by atoms with Crippen molar-refractivity contribution in [3.05, 3.63) is 88.5 Å². The molecule has 0 radical (unpaired) electrons. The average Bonchev–Trinajstić information content (AvgIpc) is 3.03. The molecule has 2 aromatic heterocycles. The molecule has 1 aliphatic heterocycles. The minimum absolute atomic E-state index is 0.771. The zero-order valence-corrected chi connectivity index (χ0v) is 16.5. The molecule has 0 atom stereocenters. The van der Waals surface area contributed by atoms with Crippen LogP contribution >= 0.6 is 11.6 Å². The smallest absolute Gasteiger partial charge is 0.107 e. The van der Waals surface area contributed by atoms with Gasteiger partial charge in [-0.15, -0.1) is 0 Å². The summed E-state index contributed by atoms with van der Waals surface area (Å²) >= 11 is 6.14. The molecule has 0 unspecified atom stereocenters. The summed E-state index contributed by atoms with van der Waals surface area (Å²) in [5.41, 5.74) is 7.25. The number of aryl methyl sites for hydroxylation is 1. The average molecular weight is 389 g/mol. The van der Waals surface area contributed by atoms with Crippen LogP contribution < -0.4 is 4.90 Å². The summed E-state index contributed by atoms with van der Waals surface area (Å²) in [5.74, 6) is 1.02. The van der Waals surface area contributed by atoms with Gasteiger partial charge >= 0.3 is 0 Å². The first-order valence-corrected chi connectivity index (χ1v) is 9.93. The molecule has 5 heteroatoms. The summed E-state index contributed by atoms with van der Waals surface area (Å²) in [5, 5.41) is 0.818. The Kier molecular flexibility index (Phi) is 4.29. The third-order valence-electron chi connectivity index (χ3n) is 5.51. The van der Waals surface area contributed by atoms with Gasteiger partial charge in [0.1, 0.15) is 5.82 Å². The predicted octanol–water partition coefficient (Wildman–Crippen LogP) is 5.00. The summed E-state index contributed by atoms with van der Waals surface area (Å²) < 4.78 is 2.25. The van der Waals surface area contributed by atoms with Gasteiger partial charge in [-0.25, -0.2) is 4.98 Å². The van der Waals surface area contributed by atoms with Gasteiger partial charge in [-0.05, 0) is 60.4 Å². The Morgan fingerprint density at radius 2 is 1.93 bits per heavy atom. The minimum Gasteiger partial charge on any atom is -0.366 e. The Bertz CT molecular complexity index is 1160. The van der Waals surface area contributed by atoms with Crippen LogP contribution in [-0.2, 0) is 19.5 Å². The molecule has 140 valence electrons. The van der Waals surface area contributed by atoms with Gasteiger partial charge in [0, 0.05) is 24.3 Å². The van der Waals surface area contributed by atoms with Crippen LogP contribution in [0.4, 0.5) is 5.69 Å². The first-order valence-electron chi connectivity index (χ1n) is 9.55. The second-order valence-electron chi connectivity index (χ2n) is 7.37. The molecule has 0 fully saturated rings. The first-order chi connectivity index (χ1) is 13.7. The molecule has 0 saturated carbocycles. The van der Waals surface area contributed by atoms with Crippen molar-refractivity contribution in [3.63, 3.8) is 0 Å². The quantitative estimate of drug-likeness (QED) is 0.495. The molecule has 0 aliphatic carbocycles. The standard InChI is InChI=1S/C23H21ClN4/c1-16-26-22-4-2-3-5-23(22)28(16)14-17-10-21(13-25-12-17)27-9-8-18-11-20(24)7-6-19(18)15-27/h2-7,10-13H,8-9,14-15H2,1H3. The molecule has 4 nitrogen and oxygen atoms in total. The highest BCUT2D eigenvalue weighted by Crippen LogP contribution is 2.27. The molecule has 1 aliphatic rings. The second-order valence-corrected chi connectivity index (χ2v) is 7.81. The van der Waals surface area contributed by atoms with E-state index in [9.17, 15) is 0 Å². The molecule has 0 amide bonds. The number of para-hydroxylation sites is 2. The van der Waals surface area contributed by atoms with E-state index in [1.165, 1.54) is 22.4 Å². The number of imidazole rings is 1. The molecule has 0 N–H and O–H groups in total. The summed E-state index contributed by atoms with van der Waals surface area (Å²) in [6.45, 7) is 4.70. The summed E-state index contributed by atoms with van der Waals surface area (Å²) in [4.78, 5) is 11.6. The van der Waals surface area contributed by atoms with Gasteiger partial charge < -0.3 is 9.47 Å². The summed E-state index contributed by atoms with van der Waals surface area (Å²) in [7, 11) is 0. The maximum Gasteiger partial charge on any atom is 0.107 e. The van der Waals surface area contributed by atoms with Crippen molar-refractivity contribution >= 4 is 28.3 Å². The number of benzene rings is 2. The van der Waals surface area contributed by atoms with Gasteiger partial charge in [-0.3, -0.25) is 4.98 Å². The van der Waals surface area contributed by atoms with Gasteiger partial charge in [0.25, 0.3) is 0 Å². The van der Waals surface area contributed by atoms with Gasteiger partial charge in [0.2, 0.25) is 0 Å². The molecule has 5 rings (SSSR count). The third-order valence-corrected chi connectivity index (χ3v) is 5.75. The number of rotatable bonds is 3. The van der Waals surface area contributed by atoms with E-state index in [1.807, 2.05) is 24.5 Å². The van der Waals surface area contributed by atoms with Gasteiger partial charge in [0.15, 0.2) is 0 Å². The number of aromatic nitrogens is 3. The van der Waals surface area contributed by atoms with Crippen molar-refractivity contribution in [1.29, 1.82) is 0 Å². The number of anilines is 1. The summed E-state index contributed by atoms with van der Waals surface area (Å²) in [6, 6.07) is 16.7.